The first-order valence-corrected chi connectivity index (χ1v) is 5.82. The first-order valence-electron chi connectivity index (χ1n) is 5.02. The molecule has 0 aliphatic rings. The highest BCUT2D eigenvalue weighted by Gasteiger charge is 2.31. The molecule has 0 saturated carbocycles. The van der Waals surface area contributed by atoms with Gasteiger partial charge < -0.3 is 9.72 Å². The van der Waals surface area contributed by atoms with Crippen molar-refractivity contribution in [1.29, 1.82) is 0 Å². The smallest absolute Gasteiger partial charge is 0.294 e. The predicted molar refractivity (Wildman–Crippen MR) is 68.4 cm³/mol. The van der Waals surface area contributed by atoms with Crippen LogP contribution in [0.5, 0.6) is 0 Å². The zero-order valence-corrected chi connectivity index (χ0v) is 10.9. The van der Waals surface area contributed by atoms with Gasteiger partial charge in [0.15, 0.2) is 4.51 Å². The van der Waals surface area contributed by atoms with E-state index < -0.39 is 9.43 Å². The van der Waals surface area contributed by atoms with Gasteiger partial charge in [0.05, 0.1) is 15.8 Å². The van der Waals surface area contributed by atoms with Crippen LogP contribution in [0.3, 0.4) is 0 Å². The molecule has 2 rings (SSSR count). The van der Waals surface area contributed by atoms with Gasteiger partial charge in [-0.25, -0.2) is 0 Å². The Morgan fingerprint density at radius 1 is 1.56 bits per heavy atom. The predicted octanol–water partition coefficient (Wildman–Crippen LogP) is 2.82. The number of benzene rings is 1. The van der Waals surface area contributed by atoms with Crippen LogP contribution in [-0.4, -0.2) is 16.4 Å². The Hall–Kier alpha value is -1.89. The molecule has 1 atom stereocenters. The lowest BCUT2D eigenvalue weighted by atomic mass is 10.1. The molecule has 94 valence electrons. The largest absolute Gasteiger partial charge is 0.445 e. The number of non-ortho nitro benzene ring substituents is 1. The second-order valence-corrected chi connectivity index (χ2v) is 5.30. The van der Waals surface area contributed by atoms with Gasteiger partial charge in [0.25, 0.3) is 12.2 Å². The van der Waals surface area contributed by atoms with Crippen LogP contribution in [0.4, 0.5) is 5.69 Å². The van der Waals surface area contributed by atoms with Crippen LogP contribution < -0.4 is 0 Å². The van der Waals surface area contributed by atoms with Crippen molar-refractivity contribution in [3.8, 4) is 0 Å². The highest BCUT2D eigenvalue weighted by atomic mass is 79.9. The fourth-order valence-electron chi connectivity index (χ4n) is 1.82. The minimum atomic E-state index is -1.11. The second-order valence-electron chi connectivity index (χ2n) is 3.79. The molecule has 6 nitrogen and oxygen atoms in total. The van der Waals surface area contributed by atoms with Gasteiger partial charge in [-0.1, -0.05) is 6.07 Å². The summed E-state index contributed by atoms with van der Waals surface area (Å²) in [5.74, 6) is 0. The second kappa shape index (κ2) is 4.41. The maximum Gasteiger partial charge on any atom is 0.294 e. The van der Waals surface area contributed by atoms with Gasteiger partial charge in [-0.15, -0.1) is 0 Å². The van der Waals surface area contributed by atoms with Crippen molar-refractivity contribution in [2.24, 2.45) is 0 Å². The van der Waals surface area contributed by atoms with Crippen LogP contribution in [0.1, 0.15) is 12.5 Å². The number of nitro benzene ring substituents is 1. The third kappa shape index (κ3) is 1.97. The Morgan fingerprint density at radius 2 is 2.28 bits per heavy atom. The van der Waals surface area contributed by atoms with Crippen LogP contribution in [0, 0.1) is 10.1 Å². The highest BCUT2D eigenvalue weighted by molar-refractivity contribution is 9.09. The van der Waals surface area contributed by atoms with Crippen molar-refractivity contribution in [3.05, 3.63) is 40.1 Å². The number of aromatic amines is 1. The molecule has 1 N–H and O–H groups in total. The number of H-pyrrole nitrogens is 1. The Balaban J connectivity index is 2.73. The molecule has 0 aliphatic heterocycles. The van der Waals surface area contributed by atoms with E-state index in [1.807, 2.05) is 0 Å². The quantitative estimate of drug-likeness (QED) is 0.407. The molecule has 1 heterocycles. The van der Waals surface area contributed by atoms with Crippen LogP contribution in [0.2, 0.25) is 0 Å². The number of fused-ring (bicyclic) bond motifs is 1. The zero-order chi connectivity index (χ0) is 13.3. The topological polar surface area (TPSA) is 85.2 Å². The lowest BCUT2D eigenvalue weighted by Crippen LogP contribution is -2.16. The SMILES string of the molecule is CC(Br)(OC=O)c1c[nH]c2cccc([N+](=O)[O-])c12. The summed E-state index contributed by atoms with van der Waals surface area (Å²) < 4.78 is 3.80. The van der Waals surface area contributed by atoms with E-state index in [4.69, 9.17) is 4.74 Å². The molecule has 0 spiro atoms. The van der Waals surface area contributed by atoms with Crippen molar-refractivity contribution < 1.29 is 14.5 Å². The fraction of sp³-hybridized carbons (Fsp3) is 0.182. The van der Waals surface area contributed by atoms with Gasteiger partial charge >= 0.3 is 0 Å². The average molecular weight is 313 g/mol. The summed E-state index contributed by atoms with van der Waals surface area (Å²) in [4.78, 5) is 23.9. The fourth-order valence-corrected chi connectivity index (χ4v) is 2.21. The molecule has 0 radical (unpaired) electrons. The van der Waals surface area contributed by atoms with Crippen molar-refractivity contribution in [2.75, 3.05) is 0 Å². The summed E-state index contributed by atoms with van der Waals surface area (Å²) in [6.45, 7) is 1.89. The Kier molecular flexibility index (Phi) is 3.08. The molecule has 0 fully saturated rings. The normalized spacial score (nSPS) is 14.1. The third-order valence-corrected chi connectivity index (χ3v) is 3.25. The number of nitrogens with zero attached hydrogens (tertiary/aromatic N) is 1. The van der Waals surface area contributed by atoms with Gasteiger partial charge in [0.2, 0.25) is 0 Å². The first kappa shape index (κ1) is 12.6. The van der Waals surface area contributed by atoms with Gasteiger partial charge in [-0.05, 0) is 28.9 Å². The van der Waals surface area contributed by atoms with Crippen molar-refractivity contribution in [2.45, 2.75) is 11.4 Å². The van der Waals surface area contributed by atoms with Crippen molar-refractivity contribution >= 4 is 39.0 Å². The maximum absolute atomic E-state index is 11.0. The van der Waals surface area contributed by atoms with Crippen molar-refractivity contribution in [1.82, 2.24) is 4.98 Å². The lowest BCUT2D eigenvalue weighted by molar-refractivity contribution is -0.383. The number of halogens is 1. The minimum Gasteiger partial charge on any atom is -0.445 e. The number of nitro groups is 1. The van der Waals surface area contributed by atoms with E-state index >= 15 is 0 Å². The van der Waals surface area contributed by atoms with E-state index in [1.165, 1.54) is 6.07 Å². The van der Waals surface area contributed by atoms with Crippen LogP contribution in [-0.2, 0) is 14.0 Å². The number of alkyl halides is 1. The van der Waals surface area contributed by atoms with Crippen LogP contribution >= 0.6 is 15.9 Å². The zero-order valence-electron chi connectivity index (χ0n) is 9.34. The van der Waals surface area contributed by atoms with E-state index in [2.05, 4.69) is 20.9 Å². The summed E-state index contributed by atoms with van der Waals surface area (Å²) in [6.07, 6.45) is 1.58. The Morgan fingerprint density at radius 3 is 2.89 bits per heavy atom. The Labute approximate surface area is 110 Å². The highest BCUT2D eigenvalue weighted by Crippen LogP contribution is 2.39. The van der Waals surface area contributed by atoms with E-state index in [1.54, 1.807) is 25.3 Å². The summed E-state index contributed by atoms with van der Waals surface area (Å²) in [5.41, 5.74) is 1.07. The van der Waals surface area contributed by atoms with E-state index in [0.717, 1.165) is 0 Å². The summed E-state index contributed by atoms with van der Waals surface area (Å²) in [6, 6.07) is 4.71. The Bertz CT molecular complexity index is 621. The minimum absolute atomic E-state index is 0.0380. The van der Waals surface area contributed by atoms with Gasteiger partial charge in [0.1, 0.15) is 0 Å². The summed E-state index contributed by atoms with van der Waals surface area (Å²) >= 11 is 3.24. The molecule has 2 aromatic rings. The molecule has 1 aromatic heterocycles. The number of nitrogens with one attached hydrogen (secondary N) is 1. The number of carbonyl (C=O) groups is 1. The van der Waals surface area contributed by atoms with E-state index in [9.17, 15) is 14.9 Å². The molecule has 0 aliphatic carbocycles. The van der Waals surface area contributed by atoms with Gasteiger partial charge in [-0.2, -0.15) is 0 Å². The van der Waals surface area contributed by atoms with E-state index in [0.29, 0.717) is 22.9 Å². The van der Waals surface area contributed by atoms with Crippen LogP contribution in [0.25, 0.3) is 10.9 Å². The molecule has 1 aromatic carbocycles. The molecule has 7 heteroatoms. The first-order chi connectivity index (χ1) is 8.47. The van der Waals surface area contributed by atoms with Crippen LogP contribution in [0.15, 0.2) is 24.4 Å². The molecule has 0 amide bonds. The van der Waals surface area contributed by atoms with E-state index in [-0.39, 0.29) is 5.69 Å². The molecule has 0 bridgehead atoms. The average Bonchev–Trinajstić information content (AvgIpc) is 2.72. The monoisotopic (exact) mass is 312 g/mol. The summed E-state index contributed by atoms with van der Waals surface area (Å²) in [5, 5.41) is 11.4. The standard InChI is InChI=1S/C11H9BrN2O4/c1-11(12,18-6-15)7-5-13-8-3-2-4-9(10(7)8)14(16)17/h2-6,13H,1H3. The van der Waals surface area contributed by atoms with Crippen molar-refractivity contribution in [3.63, 3.8) is 0 Å². The number of rotatable bonds is 4. The number of hydrogen-bond acceptors (Lipinski definition) is 4. The molecular weight excluding hydrogens is 304 g/mol. The number of carbonyl (C=O) groups excluding carboxylic acids is 1. The third-order valence-electron chi connectivity index (χ3n) is 2.63. The lowest BCUT2D eigenvalue weighted by Gasteiger charge is -2.19. The number of ether oxygens (including phenoxy) is 1. The molecule has 18 heavy (non-hydrogen) atoms. The number of hydrogen-bond donors (Lipinski definition) is 1. The molecule has 1 unspecified atom stereocenters. The summed E-state index contributed by atoms with van der Waals surface area (Å²) in [7, 11) is 0. The van der Waals surface area contributed by atoms with Gasteiger partial charge in [0, 0.05) is 17.8 Å². The maximum atomic E-state index is 11.0. The number of aromatic nitrogens is 1. The molecule has 0 saturated heterocycles. The van der Waals surface area contributed by atoms with Gasteiger partial charge in [-0.3, -0.25) is 14.9 Å². The molecular formula is C11H9BrN2O4.